The van der Waals surface area contributed by atoms with Gasteiger partial charge in [-0.3, -0.25) is 9.78 Å². The molecule has 23 heavy (non-hydrogen) atoms. The Morgan fingerprint density at radius 2 is 1.91 bits per heavy atom. The fourth-order valence-corrected chi connectivity index (χ4v) is 2.79. The minimum atomic E-state index is 0.0328. The Kier molecular flexibility index (Phi) is 4.15. The minimum absolute atomic E-state index is 0.0328. The van der Waals surface area contributed by atoms with Crippen LogP contribution < -0.4 is 0 Å². The van der Waals surface area contributed by atoms with Gasteiger partial charge >= 0.3 is 0 Å². The average molecular weight is 307 g/mol. The molecule has 0 spiro atoms. The molecular weight excluding hydrogens is 286 g/mol. The molecule has 1 aromatic carbocycles. The fraction of sp³-hybridized carbons (Fsp3) is 0.263. The van der Waals surface area contributed by atoms with E-state index < -0.39 is 0 Å². The van der Waals surface area contributed by atoms with E-state index >= 15 is 0 Å². The number of aromatic nitrogens is 2. The lowest BCUT2D eigenvalue weighted by Crippen LogP contribution is -2.29. The van der Waals surface area contributed by atoms with Gasteiger partial charge in [-0.2, -0.15) is 0 Å². The van der Waals surface area contributed by atoms with Crippen LogP contribution in [-0.4, -0.2) is 34.4 Å². The molecule has 0 aliphatic rings. The van der Waals surface area contributed by atoms with Crippen LogP contribution in [0.2, 0.25) is 0 Å². The standard InChI is InChI=1S/C19H21N3O/c1-13-4-5-17-16(12-13)14(2)18(21-17)19(23)22(3)11-8-15-6-9-20-10-7-15/h4-7,9-10,12,21H,8,11H2,1-3H3. The summed E-state index contributed by atoms with van der Waals surface area (Å²) in [5.74, 6) is 0.0328. The van der Waals surface area contributed by atoms with Gasteiger partial charge in [-0.15, -0.1) is 0 Å². The number of H-pyrrole nitrogens is 1. The molecule has 118 valence electrons. The number of nitrogens with one attached hydrogen (secondary N) is 1. The van der Waals surface area contributed by atoms with Gasteiger partial charge < -0.3 is 9.88 Å². The number of carbonyl (C=O) groups is 1. The molecule has 0 bridgehead atoms. The summed E-state index contributed by atoms with van der Waals surface area (Å²) in [6, 6.07) is 10.2. The molecule has 0 unspecified atom stereocenters. The van der Waals surface area contributed by atoms with Crippen molar-refractivity contribution < 1.29 is 4.79 Å². The number of rotatable bonds is 4. The molecule has 0 aliphatic carbocycles. The van der Waals surface area contributed by atoms with E-state index in [0.717, 1.165) is 22.9 Å². The predicted molar refractivity (Wildman–Crippen MR) is 92.7 cm³/mol. The van der Waals surface area contributed by atoms with Gasteiger partial charge in [-0.25, -0.2) is 0 Å². The Morgan fingerprint density at radius 1 is 1.17 bits per heavy atom. The second-order valence-electron chi connectivity index (χ2n) is 6.01. The monoisotopic (exact) mass is 307 g/mol. The normalized spacial score (nSPS) is 10.9. The maximum Gasteiger partial charge on any atom is 0.270 e. The van der Waals surface area contributed by atoms with Crippen LogP contribution in [0, 0.1) is 13.8 Å². The van der Waals surface area contributed by atoms with Crippen LogP contribution in [0.15, 0.2) is 42.7 Å². The maximum atomic E-state index is 12.7. The Morgan fingerprint density at radius 3 is 2.65 bits per heavy atom. The highest BCUT2D eigenvalue weighted by Gasteiger charge is 2.18. The van der Waals surface area contributed by atoms with Gasteiger partial charge in [0.25, 0.3) is 5.91 Å². The summed E-state index contributed by atoms with van der Waals surface area (Å²) in [6.07, 6.45) is 4.38. The second-order valence-corrected chi connectivity index (χ2v) is 6.01. The van der Waals surface area contributed by atoms with E-state index in [1.807, 2.05) is 32.2 Å². The zero-order valence-corrected chi connectivity index (χ0v) is 13.8. The fourth-order valence-electron chi connectivity index (χ4n) is 2.79. The van der Waals surface area contributed by atoms with Crippen LogP contribution in [0.4, 0.5) is 0 Å². The molecule has 0 saturated heterocycles. The molecule has 2 aromatic heterocycles. The first-order valence-corrected chi connectivity index (χ1v) is 7.79. The molecule has 0 fully saturated rings. The summed E-state index contributed by atoms with van der Waals surface area (Å²) in [5.41, 5.74) is 5.10. The van der Waals surface area contributed by atoms with Crippen molar-refractivity contribution in [2.75, 3.05) is 13.6 Å². The first-order chi connectivity index (χ1) is 11.1. The van der Waals surface area contributed by atoms with E-state index in [1.165, 1.54) is 11.1 Å². The number of likely N-dealkylation sites (N-methyl/N-ethyl adjacent to an activating group) is 1. The zero-order valence-electron chi connectivity index (χ0n) is 13.8. The number of hydrogen-bond acceptors (Lipinski definition) is 2. The number of carbonyl (C=O) groups excluding carboxylic acids is 1. The number of pyridine rings is 1. The molecule has 3 rings (SSSR count). The van der Waals surface area contributed by atoms with Crippen LogP contribution in [0.3, 0.4) is 0 Å². The van der Waals surface area contributed by atoms with Crippen molar-refractivity contribution in [2.24, 2.45) is 0 Å². The third-order valence-electron chi connectivity index (χ3n) is 4.26. The number of aromatic amines is 1. The zero-order chi connectivity index (χ0) is 16.4. The molecular formula is C19H21N3O. The van der Waals surface area contributed by atoms with Gasteiger partial charge in [-0.05, 0) is 55.7 Å². The quantitative estimate of drug-likeness (QED) is 0.802. The predicted octanol–water partition coefficient (Wildman–Crippen LogP) is 3.49. The SMILES string of the molecule is Cc1ccc2[nH]c(C(=O)N(C)CCc3ccncc3)c(C)c2c1. The van der Waals surface area contributed by atoms with Gasteiger partial charge in [-0.1, -0.05) is 11.6 Å². The number of hydrogen-bond donors (Lipinski definition) is 1. The van der Waals surface area contributed by atoms with Crippen molar-refractivity contribution >= 4 is 16.8 Å². The van der Waals surface area contributed by atoms with Gasteiger partial charge in [0.15, 0.2) is 0 Å². The topological polar surface area (TPSA) is 49.0 Å². The van der Waals surface area contributed by atoms with E-state index in [1.54, 1.807) is 17.3 Å². The van der Waals surface area contributed by atoms with E-state index in [9.17, 15) is 4.79 Å². The third kappa shape index (κ3) is 3.11. The van der Waals surface area contributed by atoms with Crippen LogP contribution in [0.25, 0.3) is 10.9 Å². The van der Waals surface area contributed by atoms with Crippen molar-refractivity contribution in [3.8, 4) is 0 Å². The molecule has 0 radical (unpaired) electrons. The smallest absolute Gasteiger partial charge is 0.270 e. The number of amides is 1. The highest BCUT2D eigenvalue weighted by molar-refractivity contribution is 6.00. The number of aryl methyl sites for hydroxylation is 2. The van der Waals surface area contributed by atoms with Crippen molar-refractivity contribution in [3.63, 3.8) is 0 Å². The Bertz CT molecular complexity index is 836. The van der Waals surface area contributed by atoms with Crippen LogP contribution in [0.1, 0.15) is 27.2 Å². The molecule has 0 saturated carbocycles. The van der Waals surface area contributed by atoms with E-state index in [2.05, 4.69) is 29.0 Å². The van der Waals surface area contributed by atoms with Gasteiger partial charge in [0.05, 0.1) is 0 Å². The number of nitrogens with zero attached hydrogens (tertiary/aromatic N) is 2. The highest BCUT2D eigenvalue weighted by Crippen LogP contribution is 2.23. The summed E-state index contributed by atoms with van der Waals surface area (Å²) < 4.78 is 0. The van der Waals surface area contributed by atoms with Gasteiger partial charge in [0, 0.05) is 36.9 Å². The largest absolute Gasteiger partial charge is 0.350 e. The van der Waals surface area contributed by atoms with Crippen LogP contribution >= 0.6 is 0 Å². The average Bonchev–Trinajstić information content (AvgIpc) is 2.89. The maximum absolute atomic E-state index is 12.7. The molecule has 4 heteroatoms. The number of benzene rings is 1. The van der Waals surface area contributed by atoms with Crippen molar-refractivity contribution in [2.45, 2.75) is 20.3 Å². The molecule has 4 nitrogen and oxygen atoms in total. The lowest BCUT2D eigenvalue weighted by molar-refractivity contribution is 0.0791. The lowest BCUT2D eigenvalue weighted by Gasteiger charge is -2.17. The Hall–Kier alpha value is -2.62. The molecule has 1 amide bonds. The summed E-state index contributed by atoms with van der Waals surface area (Å²) in [6.45, 7) is 4.74. The number of fused-ring (bicyclic) bond motifs is 1. The Labute approximate surface area is 136 Å². The van der Waals surface area contributed by atoms with E-state index in [-0.39, 0.29) is 5.91 Å². The molecule has 0 atom stereocenters. The molecule has 0 aliphatic heterocycles. The summed E-state index contributed by atoms with van der Waals surface area (Å²) in [5, 5.41) is 1.12. The van der Waals surface area contributed by atoms with E-state index in [4.69, 9.17) is 0 Å². The van der Waals surface area contributed by atoms with Crippen molar-refractivity contribution in [3.05, 3.63) is 65.1 Å². The minimum Gasteiger partial charge on any atom is -0.350 e. The van der Waals surface area contributed by atoms with Crippen LogP contribution in [-0.2, 0) is 6.42 Å². The third-order valence-corrected chi connectivity index (χ3v) is 4.26. The summed E-state index contributed by atoms with van der Waals surface area (Å²) >= 11 is 0. The van der Waals surface area contributed by atoms with Crippen molar-refractivity contribution in [1.29, 1.82) is 0 Å². The molecule has 1 N–H and O–H groups in total. The van der Waals surface area contributed by atoms with Crippen molar-refractivity contribution in [1.82, 2.24) is 14.9 Å². The molecule has 2 heterocycles. The second kappa shape index (κ2) is 6.24. The lowest BCUT2D eigenvalue weighted by atomic mass is 10.1. The first-order valence-electron chi connectivity index (χ1n) is 7.79. The first kappa shape index (κ1) is 15.3. The molecule has 3 aromatic rings. The van der Waals surface area contributed by atoms with Crippen LogP contribution in [0.5, 0.6) is 0 Å². The van der Waals surface area contributed by atoms with Gasteiger partial charge in [0.1, 0.15) is 5.69 Å². The van der Waals surface area contributed by atoms with E-state index in [0.29, 0.717) is 12.2 Å². The van der Waals surface area contributed by atoms with Gasteiger partial charge in [0.2, 0.25) is 0 Å². The summed E-state index contributed by atoms with van der Waals surface area (Å²) in [7, 11) is 1.85. The highest BCUT2D eigenvalue weighted by atomic mass is 16.2. The Balaban J connectivity index is 1.78. The summed E-state index contributed by atoms with van der Waals surface area (Å²) in [4.78, 5) is 21.8.